The Kier molecular flexibility index (Phi) is 4.52. The van der Waals surface area contributed by atoms with Crippen molar-refractivity contribution >= 4 is 32.7 Å². The summed E-state index contributed by atoms with van der Waals surface area (Å²) in [4.78, 5) is 4.43. The second kappa shape index (κ2) is 6.02. The number of hydrogen-bond donors (Lipinski definition) is 1. The summed E-state index contributed by atoms with van der Waals surface area (Å²) in [6.45, 7) is 2.41. The van der Waals surface area contributed by atoms with E-state index in [-0.39, 0.29) is 11.9 Å². The van der Waals surface area contributed by atoms with Crippen LogP contribution >= 0.6 is 11.6 Å². The first-order valence-electron chi connectivity index (χ1n) is 6.31. The van der Waals surface area contributed by atoms with Crippen LogP contribution in [0.2, 0.25) is 0 Å². The molecule has 0 aliphatic rings. The molecular formula is C13H15ClN4O2S. The molecule has 0 bridgehead atoms. The van der Waals surface area contributed by atoms with Crippen molar-refractivity contribution in [3.63, 3.8) is 0 Å². The first-order chi connectivity index (χ1) is 9.83. The van der Waals surface area contributed by atoms with Gasteiger partial charge >= 0.3 is 0 Å². The fourth-order valence-electron chi connectivity index (χ4n) is 2.14. The highest BCUT2D eigenvalue weighted by Gasteiger charge is 2.17. The number of imidazole rings is 1. The van der Waals surface area contributed by atoms with Gasteiger partial charge in [-0.2, -0.15) is 5.26 Å². The molecular weight excluding hydrogens is 312 g/mol. The molecule has 0 aliphatic carbocycles. The number of fused-ring (bicyclic) bond motifs is 1. The third-order valence-electron chi connectivity index (χ3n) is 2.98. The third kappa shape index (κ3) is 3.53. The number of alkyl halides is 1. The standard InChI is InChI=1S/C13H15ClN4O2S/c1-9(14)13-17-12-10(8-15)4-3-5-11(12)18(13)7-6-16-21(2,19)20/h3-5,9,16H,6-7H2,1-2H3. The molecule has 2 rings (SSSR count). The SMILES string of the molecule is CC(Cl)c1nc2c(C#N)cccc2n1CCNS(C)(=O)=O. The van der Waals surface area contributed by atoms with Crippen LogP contribution < -0.4 is 4.72 Å². The topological polar surface area (TPSA) is 87.8 Å². The minimum atomic E-state index is -3.25. The number of nitrogens with one attached hydrogen (secondary N) is 1. The molecule has 2 aromatic rings. The Morgan fingerprint density at radius 2 is 2.24 bits per heavy atom. The predicted molar refractivity (Wildman–Crippen MR) is 81.6 cm³/mol. The monoisotopic (exact) mass is 326 g/mol. The van der Waals surface area contributed by atoms with Crippen LogP contribution in [0.1, 0.15) is 23.7 Å². The van der Waals surface area contributed by atoms with Gasteiger partial charge in [0.15, 0.2) is 0 Å². The van der Waals surface area contributed by atoms with E-state index >= 15 is 0 Å². The highest BCUT2D eigenvalue weighted by Crippen LogP contribution is 2.26. The van der Waals surface area contributed by atoms with E-state index in [1.165, 1.54) is 0 Å². The van der Waals surface area contributed by atoms with Crippen LogP contribution in [0.3, 0.4) is 0 Å². The van der Waals surface area contributed by atoms with E-state index in [1.807, 2.05) is 10.6 Å². The average molecular weight is 327 g/mol. The van der Waals surface area contributed by atoms with E-state index < -0.39 is 10.0 Å². The molecule has 21 heavy (non-hydrogen) atoms. The van der Waals surface area contributed by atoms with E-state index in [4.69, 9.17) is 16.9 Å². The summed E-state index contributed by atoms with van der Waals surface area (Å²) in [7, 11) is -3.25. The number of nitrogens with zero attached hydrogens (tertiary/aromatic N) is 3. The highest BCUT2D eigenvalue weighted by atomic mass is 35.5. The first kappa shape index (κ1) is 15.8. The lowest BCUT2D eigenvalue weighted by Gasteiger charge is -2.10. The summed E-state index contributed by atoms with van der Waals surface area (Å²) in [5, 5.41) is 8.79. The van der Waals surface area contributed by atoms with Crippen molar-refractivity contribution in [2.24, 2.45) is 0 Å². The van der Waals surface area contributed by atoms with E-state index in [0.29, 0.717) is 23.4 Å². The van der Waals surface area contributed by atoms with Gasteiger partial charge in [-0.1, -0.05) is 6.07 Å². The minimum Gasteiger partial charge on any atom is -0.325 e. The molecule has 8 heteroatoms. The van der Waals surface area contributed by atoms with Crippen molar-refractivity contribution in [3.05, 3.63) is 29.6 Å². The summed E-state index contributed by atoms with van der Waals surface area (Å²) in [5.74, 6) is 0.615. The van der Waals surface area contributed by atoms with Crippen molar-refractivity contribution in [3.8, 4) is 6.07 Å². The number of para-hydroxylation sites is 1. The molecule has 1 unspecified atom stereocenters. The number of aromatic nitrogens is 2. The summed E-state index contributed by atoms with van der Waals surface area (Å²) in [6.07, 6.45) is 1.11. The zero-order valence-corrected chi connectivity index (χ0v) is 13.2. The number of benzene rings is 1. The zero-order valence-electron chi connectivity index (χ0n) is 11.7. The molecule has 0 saturated heterocycles. The van der Waals surface area contributed by atoms with Gasteiger partial charge in [-0.25, -0.2) is 18.1 Å². The van der Waals surface area contributed by atoms with E-state index in [9.17, 15) is 8.42 Å². The van der Waals surface area contributed by atoms with Crippen molar-refractivity contribution in [2.45, 2.75) is 18.8 Å². The number of hydrogen-bond acceptors (Lipinski definition) is 4. The van der Waals surface area contributed by atoms with Crippen molar-refractivity contribution in [2.75, 3.05) is 12.8 Å². The maximum atomic E-state index is 11.1. The second-order valence-electron chi connectivity index (χ2n) is 4.69. The smallest absolute Gasteiger partial charge is 0.208 e. The molecule has 0 aliphatic heterocycles. The predicted octanol–water partition coefficient (Wildman–Crippen LogP) is 1.76. The largest absolute Gasteiger partial charge is 0.325 e. The maximum Gasteiger partial charge on any atom is 0.208 e. The number of halogens is 1. The Morgan fingerprint density at radius 3 is 2.81 bits per heavy atom. The van der Waals surface area contributed by atoms with E-state index in [1.54, 1.807) is 19.1 Å². The van der Waals surface area contributed by atoms with Gasteiger partial charge in [0, 0.05) is 13.1 Å². The van der Waals surface area contributed by atoms with Crippen molar-refractivity contribution in [1.29, 1.82) is 5.26 Å². The second-order valence-corrected chi connectivity index (χ2v) is 7.18. The first-order valence-corrected chi connectivity index (χ1v) is 8.64. The summed E-state index contributed by atoms with van der Waals surface area (Å²) >= 11 is 6.14. The van der Waals surface area contributed by atoms with Gasteiger partial charge in [-0.3, -0.25) is 0 Å². The number of rotatable bonds is 5. The number of nitriles is 1. The van der Waals surface area contributed by atoms with Crippen molar-refractivity contribution in [1.82, 2.24) is 14.3 Å². The van der Waals surface area contributed by atoms with Gasteiger partial charge in [0.1, 0.15) is 17.4 Å². The van der Waals surface area contributed by atoms with E-state index in [2.05, 4.69) is 15.8 Å². The lowest BCUT2D eigenvalue weighted by Crippen LogP contribution is -2.26. The van der Waals surface area contributed by atoms with Crippen LogP contribution in [0.4, 0.5) is 0 Å². The van der Waals surface area contributed by atoms with Gasteiger partial charge < -0.3 is 4.57 Å². The zero-order chi connectivity index (χ0) is 15.6. The summed E-state index contributed by atoms with van der Waals surface area (Å²) in [6, 6.07) is 7.40. The fourth-order valence-corrected chi connectivity index (χ4v) is 2.77. The van der Waals surface area contributed by atoms with Gasteiger partial charge in [0.25, 0.3) is 0 Å². The Hall–Kier alpha value is -1.62. The summed E-state index contributed by atoms with van der Waals surface area (Å²) in [5.41, 5.74) is 1.83. The van der Waals surface area contributed by atoms with Gasteiger partial charge in [0.05, 0.1) is 22.7 Å². The van der Waals surface area contributed by atoms with Crippen LogP contribution in [0.5, 0.6) is 0 Å². The highest BCUT2D eigenvalue weighted by molar-refractivity contribution is 7.88. The Morgan fingerprint density at radius 1 is 1.52 bits per heavy atom. The molecule has 0 fully saturated rings. The Balaban J connectivity index is 2.45. The average Bonchev–Trinajstić information content (AvgIpc) is 2.76. The third-order valence-corrected chi connectivity index (χ3v) is 3.91. The van der Waals surface area contributed by atoms with Crippen LogP contribution in [-0.4, -0.2) is 30.8 Å². The Labute approximate surface area is 128 Å². The molecule has 0 amide bonds. The lowest BCUT2D eigenvalue weighted by molar-refractivity contribution is 0.577. The normalized spacial score (nSPS) is 13.2. The molecule has 1 atom stereocenters. The quantitative estimate of drug-likeness (QED) is 0.848. The summed E-state index contributed by atoms with van der Waals surface area (Å²) < 4.78 is 26.5. The number of sulfonamides is 1. The molecule has 1 heterocycles. The minimum absolute atomic E-state index is 0.234. The van der Waals surface area contributed by atoms with Crippen LogP contribution in [0.25, 0.3) is 11.0 Å². The fraction of sp³-hybridized carbons (Fsp3) is 0.385. The molecule has 1 aromatic heterocycles. The van der Waals surface area contributed by atoms with Gasteiger partial charge in [-0.05, 0) is 19.1 Å². The maximum absolute atomic E-state index is 11.1. The van der Waals surface area contributed by atoms with Gasteiger partial charge in [-0.15, -0.1) is 11.6 Å². The molecule has 1 aromatic carbocycles. The van der Waals surface area contributed by atoms with Crippen LogP contribution in [-0.2, 0) is 16.6 Å². The lowest BCUT2D eigenvalue weighted by atomic mass is 10.2. The molecule has 112 valence electrons. The van der Waals surface area contributed by atoms with Crippen LogP contribution in [0.15, 0.2) is 18.2 Å². The molecule has 0 spiro atoms. The van der Waals surface area contributed by atoms with Gasteiger partial charge in [0.2, 0.25) is 10.0 Å². The molecule has 0 saturated carbocycles. The van der Waals surface area contributed by atoms with Crippen LogP contribution in [0, 0.1) is 11.3 Å². The molecule has 6 nitrogen and oxygen atoms in total. The van der Waals surface area contributed by atoms with E-state index in [0.717, 1.165) is 11.8 Å². The Bertz CT molecular complexity index is 805. The molecule has 1 N–H and O–H groups in total. The van der Waals surface area contributed by atoms with Crippen molar-refractivity contribution < 1.29 is 8.42 Å². The molecule has 0 radical (unpaired) electrons.